The van der Waals surface area contributed by atoms with Crippen molar-refractivity contribution in [2.24, 2.45) is 16.1 Å². The van der Waals surface area contributed by atoms with E-state index in [2.05, 4.69) is 117 Å². The molecule has 3 aromatic heterocycles. The third kappa shape index (κ3) is 15.1. The maximum Gasteiger partial charge on any atom is 0.318 e. The first-order valence-electron chi connectivity index (χ1n) is 32.6. The number of nitriles is 1. The summed E-state index contributed by atoms with van der Waals surface area (Å²) in [5.41, 5.74) is 16.2. The number of methoxy groups -OCH3 is 1. The number of amides is 1. The minimum absolute atomic E-state index is 0.0733. The molecule has 0 spiro atoms. The molecule has 5 aromatic rings. The summed E-state index contributed by atoms with van der Waals surface area (Å²) in [7, 11) is 12.7. The normalized spacial score (nSPS) is 23.0. The zero-order valence-corrected chi connectivity index (χ0v) is 56.5. The highest BCUT2D eigenvalue weighted by Gasteiger charge is 2.71. The maximum absolute atomic E-state index is 14.6. The van der Waals surface area contributed by atoms with Crippen LogP contribution in [0.5, 0.6) is 12.0 Å². The molecule has 12 rings (SSSR count). The van der Waals surface area contributed by atoms with Crippen LogP contribution in [0.3, 0.4) is 0 Å². The van der Waals surface area contributed by atoms with E-state index in [9.17, 15) is 18.0 Å². The molecule has 0 bridgehead atoms. The van der Waals surface area contributed by atoms with Crippen LogP contribution in [0.15, 0.2) is 64.3 Å². The van der Waals surface area contributed by atoms with Crippen molar-refractivity contribution in [3.63, 3.8) is 0 Å². The van der Waals surface area contributed by atoms with E-state index in [4.69, 9.17) is 63.6 Å². The van der Waals surface area contributed by atoms with Crippen molar-refractivity contribution in [2.45, 2.75) is 154 Å². The number of ether oxygens (including phenoxy) is 2. The van der Waals surface area contributed by atoms with E-state index in [-0.39, 0.29) is 61.4 Å². The van der Waals surface area contributed by atoms with E-state index in [0.717, 1.165) is 105 Å². The van der Waals surface area contributed by atoms with Gasteiger partial charge in [0.1, 0.15) is 30.1 Å². The Balaban J connectivity index is 0.000000181. The number of aryl methyl sites for hydroxylation is 3. The number of alkyl halides is 3. The number of rotatable bonds is 17. The molecule has 2 aromatic carbocycles. The first kappa shape index (κ1) is 68.3. The smallest absolute Gasteiger partial charge is 0.318 e. The Labute approximate surface area is 550 Å². The molecule has 3 fully saturated rings. The first-order valence-corrected chi connectivity index (χ1v) is 33.4. The van der Waals surface area contributed by atoms with Crippen LogP contribution in [0.1, 0.15) is 133 Å². The number of aromatic nitrogens is 6. The molecule has 24 heteroatoms. The van der Waals surface area contributed by atoms with Gasteiger partial charge in [-0.05, 0) is 102 Å². The number of anilines is 2. The van der Waals surface area contributed by atoms with E-state index >= 15 is 0 Å². The van der Waals surface area contributed by atoms with E-state index in [1.165, 1.54) is 40.0 Å². The summed E-state index contributed by atoms with van der Waals surface area (Å²) in [6.45, 7) is 11.1. The van der Waals surface area contributed by atoms with Gasteiger partial charge in [0, 0.05) is 115 Å². The van der Waals surface area contributed by atoms with Crippen LogP contribution in [0.4, 0.5) is 24.8 Å². The van der Waals surface area contributed by atoms with Crippen LogP contribution in [-0.4, -0.2) is 186 Å². The molecule has 1 saturated carbocycles. The third-order valence-corrected chi connectivity index (χ3v) is 19.8. The second kappa shape index (κ2) is 29.8. The average Bonchev–Trinajstić information content (AvgIpc) is 1.54. The predicted molar refractivity (Wildman–Crippen MR) is 355 cm³/mol. The van der Waals surface area contributed by atoms with Gasteiger partial charge in [0.15, 0.2) is 0 Å². The Morgan fingerprint density at radius 3 is 1.97 bits per heavy atom. The standard InChI is InChI=1S/C34H47ClF2N8O2.C27H32ClN7O.C7H12FN/c1-7-11-22-12-8-9-13-23(22)27-16-25-24(17-44(27)6)30(41-32(40-25)47-21-33(20-42(2)3)19-34(33,36)37)45-15-10-14-39-26(18-45)28(35)29(38)31(46)43(4)5;1-4-8-18-9-5-6-10-19(18)23-15-22-20(16-33(23)2)26(31-27(30-22)36-3)34-13-7-14-35-24(17-34)25(28)21(32-35)11-12-29;8-6-4-7-2-1-3-9(7)5-6/h8-9,12-13,27H,7,10-11,14-21,38H2,1-6H3;5-6,9-10,23H,4,7-8,11,13-17H2,1-3H3;6-7H,1-5H2/b29-28+;;. The van der Waals surface area contributed by atoms with Crippen LogP contribution in [0.25, 0.3) is 0 Å². The van der Waals surface area contributed by atoms with Gasteiger partial charge in [-0.2, -0.15) is 30.3 Å². The molecule has 496 valence electrons. The number of hydrogen-bond donors (Lipinski definition) is 1. The van der Waals surface area contributed by atoms with Crippen molar-refractivity contribution in [2.75, 3.05) is 112 Å². The van der Waals surface area contributed by atoms with Crippen LogP contribution >= 0.6 is 23.2 Å². The molecule has 0 radical (unpaired) electrons. The number of aliphatic imine (C=N–C) groups is 1. The van der Waals surface area contributed by atoms with Crippen molar-refractivity contribution in [3.05, 3.63) is 120 Å². The summed E-state index contributed by atoms with van der Waals surface area (Å²) in [6.07, 6.45) is 10.0. The molecule has 6 aliphatic heterocycles. The number of fused-ring (bicyclic) bond motifs is 4. The SMILES string of the molecule is CCCc1ccccc1C1Cc2nc(OC)nc(N3CCCn4nc(CC#N)c(Cl)c4C3)c2CN1C.CCCc1ccccc1C1Cc2nc(OCC3(CN(C)C)CC3(F)F)nc(N3CCCN=C(/C(Cl)=C(\N)C(=O)N(C)C)C3)c2CN1C.FC1CC2CCCN2C1. The van der Waals surface area contributed by atoms with Crippen LogP contribution in [-0.2, 0) is 63.1 Å². The van der Waals surface area contributed by atoms with Crippen LogP contribution < -0.4 is 25.0 Å². The molecule has 92 heavy (non-hydrogen) atoms. The Hall–Kier alpha value is -6.61. The summed E-state index contributed by atoms with van der Waals surface area (Å²) < 4.78 is 55.5. The summed E-state index contributed by atoms with van der Waals surface area (Å²) in [5, 5.41) is 14.4. The van der Waals surface area contributed by atoms with Crippen molar-refractivity contribution < 1.29 is 27.4 Å². The lowest BCUT2D eigenvalue weighted by Crippen LogP contribution is -2.37. The van der Waals surface area contributed by atoms with Crippen LogP contribution in [0, 0.1) is 16.7 Å². The Morgan fingerprint density at radius 1 is 0.815 bits per heavy atom. The number of nitrogens with two attached hydrogens (primary N) is 1. The number of carbonyl (C=O) groups excluding carboxylic acids is 1. The number of hydrogen-bond acceptors (Lipinski definition) is 17. The topological polar surface area (TPSA) is 190 Å². The Kier molecular flexibility index (Phi) is 22.1. The predicted octanol–water partition coefficient (Wildman–Crippen LogP) is 9.96. The van der Waals surface area contributed by atoms with Crippen molar-refractivity contribution in [1.82, 2.24) is 54.2 Å². The van der Waals surface area contributed by atoms with Crippen molar-refractivity contribution in [3.8, 4) is 18.1 Å². The number of carbonyl (C=O) groups is 1. The van der Waals surface area contributed by atoms with Gasteiger partial charge >= 0.3 is 12.0 Å². The number of benzene rings is 2. The lowest BCUT2D eigenvalue weighted by atomic mass is 9.89. The van der Waals surface area contributed by atoms with Crippen molar-refractivity contribution >= 4 is 46.5 Å². The molecule has 5 unspecified atom stereocenters. The highest BCUT2D eigenvalue weighted by atomic mass is 35.5. The molecular formula is C68H91Cl2F3N16O3. The van der Waals surface area contributed by atoms with Gasteiger partial charge in [-0.3, -0.25) is 29.2 Å². The van der Waals surface area contributed by atoms with E-state index in [0.29, 0.717) is 79.9 Å². The highest BCUT2D eigenvalue weighted by Crippen LogP contribution is 2.61. The molecule has 7 aliphatic rings. The Bertz CT molecular complexity index is 3530. The number of halogens is 5. The van der Waals surface area contributed by atoms with Gasteiger partial charge in [-0.1, -0.05) is 98.4 Å². The van der Waals surface area contributed by atoms with E-state index < -0.39 is 23.4 Å². The molecule has 5 atom stereocenters. The second-order valence-corrected chi connectivity index (χ2v) is 27.0. The molecule has 2 N–H and O–H groups in total. The minimum atomic E-state index is -2.81. The lowest BCUT2D eigenvalue weighted by Gasteiger charge is -2.37. The molecule has 19 nitrogen and oxygen atoms in total. The quantitative estimate of drug-likeness (QED) is 0.0865. The molecule has 9 heterocycles. The first-order chi connectivity index (χ1) is 44.2. The summed E-state index contributed by atoms with van der Waals surface area (Å²) in [6, 6.07) is 20.9. The molecular weight excluding hydrogens is 1220 g/mol. The monoisotopic (exact) mass is 1310 g/mol. The second-order valence-electron chi connectivity index (χ2n) is 26.3. The van der Waals surface area contributed by atoms with Crippen LogP contribution in [0.2, 0.25) is 5.02 Å². The molecule has 1 amide bonds. The highest BCUT2D eigenvalue weighted by molar-refractivity contribution is 6.46. The van der Waals surface area contributed by atoms with Gasteiger partial charge in [0.2, 0.25) is 0 Å². The maximum atomic E-state index is 14.6. The fraction of sp³-hybridized carbons (Fsp3) is 0.588. The summed E-state index contributed by atoms with van der Waals surface area (Å²) >= 11 is 13.4. The zero-order valence-electron chi connectivity index (χ0n) is 55.0. The van der Waals surface area contributed by atoms with Gasteiger partial charge in [-0.15, -0.1) is 0 Å². The zero-order chi connectivity index (χ0) is 65.6. The van der Waals surface area contributed by atoms with Gasteiger partial charge < -0.3 is 34.8 Å². The largest absolute Gasteiger partial charge is 0.467 e. The van der Waals surface area contributed by atoms with Gasteiger partial charge in [0.05, 0.1) is 76.6 Å². The van der Waals surface area contributed by atoms with E-state index in [1.807, 2.05) is 4.68 Å². The number of likely N-dealkylation sites (N-methyl/N-ethyl adjacent to an activating group) is 3. The third-order valence-electron chi connectivity index (χ3n) is 19.0. The number of nitrogens with zero attached hydrogens (tertiary/aromatic N) is 15. The summed E-state index contributed by atoms with van der Waals surface area (Å²) in [4.78, 5) is 51.2. The Morgan fingerprint density at radius 2 is 1.40 bits per heavy atom. The average molecular weight is 1310 g/mol. The molecule has 1 aliphatic carbocycles. The van der Waals surface area contributed by atoms with Crippen molar-refractivity contribution in [1.29, 1.82) is 5.26 Å². The fourth-order valence-electron chi connectivity index (χ4n) is 14.2. The minimum Gasteiger partial charge on any atom is -0.467 e. The van der Waals surface area contributed by atoms with Gasteiger partial charge in [0.25, 0.3) is 11.8 Å². The summed E-state index contributed by atoms with van der Waals surface area (Å²) in [5.74, 6) is -1.66. The lowest BCUT2D eigenvalue weighted by molar-refractivity contribution is -0.124. The van der Waals surface area contributed by atoms with Gasteiger partial charge in [-0.25, -0.2) is 13.2 Å². The molecule has 2 saturated heterocycles. The van der Waals surface area contributed by atoms with E-state index in [1.54, 1.807) is 40.2 Å². The fourth-order valence-corrected chi connectivity index (χ4v) is 14.7.